The van der Waals surface area contributed by atoms with Gasteiger partial charge in [0.05, 0.1) is 12.3 Å². The zero-order chi connectivity index (χ0) is 10.3. The van der Waals surface area contributed by atoms with E-state index in [0.29, 0.717) is 6.61 Å². The number of rotatable bonds is 3. The second kappa shape index (κ2) is 3.32. The van der Waals surface area contributed by atoms with Gasteiger partial charge in [0, 0.05) is 24.6 Å². The first-order valence-corrected chi connectivity index (χ1v) is 5.72. The maximum absolute atomic E-state index is 5.18. The van der Waals surface area contributed by atoms with Crippen LogP contribution in [0.3, 0.4) is 0 Å². The third-order valence-corrected chi connectivity index (χ3v) is 3.67. The molecule has 0 bridgehead atoms. The van der Waals surface area contributed by atoms with Crippen LogP contribution in [0.1, 0.15) is 37.2 Å². The van der Waals surface area contributed by atoms with E-state index >= 15 is 0 Å². The molecule has 0 spiro atoms. The first-order valence-electron chi connectivity index (χ1n) is 5.72. The summed E-state index contributed by atoms with van der Waals surface area (Å²) in [6, 6.07) is 0. The molecule has 2 heterocycles. The summed E-state index contributed by atoms with van der Waals surface area (Å²) in [7, 11) is 0. The molecular weight excluding hydrogens is 190 g/mol. The van der Waals surface area contributed by atoms with Crippen molar-refractivity contribution in [3.63, 3.8) is 0 Å². The Balaban J connectivity index is 1.89. The maximum atomic E-state index is 5.18. The van der Waals surface area contributed by atoms with Gasteiger partial charge in [0.25, 0.3) is 0 Å². The lowest BCUT2D eigenvalue weighted by molar-refractivity contribution is 0.115. The molecule has 0 radical (unpaired) electrons. The summed E-state index contributed by atoms with van der Waals surface area (Å²) in [5, 5.41) is 0. The van der Waals surface area contributed by atoms with Gasteiger partial charge < -0.3 is 9.40 Å². The Bertz CT molecular complexity index is 344. The average Bonchev–Trinajstić information content (AvgIpc) is 2.91. The molecule has 1 aliphatic heterocycles. The van der Waals surface area contributed by atoms with Crippen LogP contribution in [0.25, 0.3) is 0 Å². The summed E-state index contributed by atoms with van der Waals surface area (Å²) in [4.78, 5) is 9.54. The minimum atomic E-state index is 0.152. The van der Waals surface area contributed by atoms with Gasteiger partial charge in [-0.3, -0.25) is 0 Å². The predicted molar refractivity (Wildman–Crippen MR) is 56.2 cm³/mol. The van der Waals surface area contributed by atoms with Gasteiger partial charge in [-0.1, -0.05) is 0 Å². The normalized spacial score (nSPS) is 22.5. The number of hydrogen-bond donors (Lipinski definition) is 1. The number of aryl methyl sites for hydroxylation is 2. The molecule has 0 amide bonds. The van der Waals surface area contributed by atoms with Crippen LogP contribution in [0.15, 0.2) is 6.20 Å². The van der Waals surface area contributed by atoms with Crippen molar-refractivity contribution in [3.05, 3.63) is 17.7 Å². The van der Waals surface area contributed by atoms with Crippen molar-refractivity contribution in [2.45, 2.75) is 44.1 Å². The molecule has 2 N–H and O–H groups in total. The number of hydrogen-bond acceptors (Lipinski definition) is 3. The van der Waals surface area contributed by atoms with Gasteiger partial charge in [0.1, 0.15) is 5.82 Å². The lowest BCUT2D eigenvalue weighted by Crippen LogP contribution is -2.18. The van der Waals surface area contributed by atoms with Crippen molar-refractivity contribution >= 4 is 0 Å². The molecule has 1 saturated carbocycles. The molecule has 1 aliphatic carbocycles. The summed E-state index contributed by atoms with van der Waals surface area (Å²) in [5.74, 6) is 6.43. The van der Waals surface area contributed by atoms with Gasteiger partial charge in [-0.05, 0) is 25.7 Å². The van der Waals surface area contributed by atoms with Crippen LogP contribution < -0.4 is 5.90 Å². The van der Waals surface area contributed by atoms with E-state index in [9.17, 15) is 0 Å². The Morgan fingerprint density at radius 1 is 1.47 bits per heavy atom. The lowest BCUT2D eigenvalue weighted by Gasteiger charge is -2.11. The quantitative estimate of drug-likeness (QED) is 0.756. The van der Waals surface area contributed by atoms with E-state index in [2.05, 4.69) is 10.8 Å². The average molecular weight is 207 g/mol. The lowest BCUT2D eigenvalue weighted by atomic mass is 10.1. The van der Waals surface area contributed by atoms with Crippen LogP contribution in [-0.4, -0.2) is 16.2 Å². The minimum Gasteiger partial charge on any atom is -0.335 e. The Morgan fingerprint density at radius 2 is 2.33 bits per heavy atom. The largest absolute Gasteiger partial charge is 0.335 e. The second-order valence-electron chi connectivity index (χ2n) is 4.78. The highest BCUT2D eigenvalue weighted by molar-refractivity contribution is 5.25. The van der Waals surface area contributed by atoms with Crippen LogP contribution in [-0.2, 0) is 23.2 Å². The Morgan fingerprint density at radius 3 is 3.00 bits per heavy atom. The molecule has 82 valence electrons. The van der Waals surface area contributed by atoms with Crippen LogP contribution in [0.5, 0.6) is 0 Å². The number of nitrogens with zero attached hydrogens (tertiary/aromatic N) is 2. The zero-order valence-electron chi connectivity index (χ0n) is 8.91. The standard InChI is InChI=1S/C11H17N3O/c12-15-8-11(4-5-11)9-7-14-6-2-1-3-10(14)13-9/h7H,1-6,8,12H2. The van der Waals surface area contributed by atoms with Crippen LogP contribution in [0.2, 0.25) is 0 Å². The Hall–Kier alpha value is -0.870. The molecule has 3 rings (SSSR count). The molecule has 15 heavy (non-hydrogen) atoms. The van der Waals surface area contributed by atoms with E-state index in [-0.39, 0.29) is 5.41 Å². The van der Waals surface area contributed by atoms with E-state index in [4.69, 9.17) is 15.7 Å². The van der Waals surface area contributed by atoms with E-state index in [1.54, 1.807) is 0 Å². The molecule has 1 aromatic heterocycles. The predicted octanol–water partition coefficient (Wildman–Crippen LogP) is 1.14. The fraction of sp³-hybridized carbons (Fsp3) is 0.727. The first-order chi connectivity index (χ1) is 7.34. The molecule has 1 aromatic rings. The maximum Gasteiger partial charge on any atom is 0.108 e. The fourth-order valence-corrected chi connectivity index (χ4v) is 2.45. The van der Waals surface area contributed by atoms with Crippen molar-refractivity contribution in [1.29, 1.82) is 0 Å². The molecule has 1 fully saturated rings. The smallest absolute Gasteiger partial charge is 0.108 e. The van der Waals surface area contributed by atoms with Crippen LogP contribution >= 0.6 is 0 Å². The molecule has 0 saturated heterocycles. The topological polar surface area (TPSA) is 53.1 Å². The number of aromatic nitrogens is 2. The third kappa shape index (κ3) is 1.48. The van der Waals surface area contributed by atoms with Crippen molar-refractivity contribution < 1.29 is 4.84 Å². The molecule has 0 aromatic carbocycles. The number of nitrogens with two attached hydrogens (primary N) is 1. The fourth-order valence-electron chi connectivity index (χ4n) is 2.45. The van der Waals surface area contributed by atoms with Gasteiger partial charge in [-0.25, -0.2) is 10.9 Å². The summed E-state index contributed by atoms with van der Waals surface area (Å²) in [6.45, 7) is 1.74. The molecule has 0 atom stereocenters. The van der Waals surface area contributed by atoms with Crippen molar-refractivity contribution in [2.24, 2.45) is 5.90 Å². The number of imidazole rings is 1. The van der Waals surface area contributed by atoms with Crippen molar-refractivity contribution in [3.8, 4) is 0 Å². The molecule has 4 nitrogen and oxygen atoms in total. The summed E-state index contributed by atoms with van der Waals surface area (Å²) in [5.41, 5.74) is 1.35. The minimum absolute atomic E-state index is 0.152. The van der Waals surface area contributed by atoms with Gasteiger partial charge in [-0.2, -0.15) is 0 Å². The third-order valence-electron chi connectivity index (χ3n) is 3.67. The molecule has 4 heteroatoms. The summed E-state index contributed by atoms with van der Waals surface area (Å²) >= 11 is 0. The van der Waals surface area contributed by atoms with Crippen LogP contribution in [0.4, 0.5) is 0 Å². The Kier molecular flexibility index (Phi) is 2.07. The molecular formula is C11H17N3O. The highest BCUT2D eigenvalue weighted by Gasteiger charge is 2.47. The van der Waals surface area contributed by atoms with Gasteiger partial charge in [0.2, 0.25) is 0 Å². The van der Waals surface area contributed by atoms with Gasteiger partial charge >= 0.3 is 0 Å². The zero-order valence-corrected chi connectivity index (χ0v) is 8.91. The van der Waals surface area contributed by atoms with E-state index in [1.165, 1.54) is 37.2 Å². The second-order valence-corrected chi connectivity index (χ2v) is 4.78. The highest BCUT2D eigenvalue weighted by Crippen LogP contribution is 2.47. The molecule has 0 unspecified atom stereocenters. The molecule has 2 aliphatic rings. The number of fused-ring (bicyclic) bond motifs is 1. The van der Waals surface area contributed by atoms with E-state index in [1.807, 2.05) is 0 Å². The van der Waals surface area contributed by atoms with Gasteiger partial charge in [-0.15, -0.1) is 0 Å². The van der Waals surface area contributed by atoms with E-state index in [0.717, 1.165) is 13.0 Å². The van der Waals surface area contributed by atoms with E-state index < -0.39 is 0 Å². The SMILES string of the molecule is NOCC1(c2cn3c(n2)CCCC3)CC1. The monoisotopic (exact) mass is 207 g/mol. The summed E-state index contributed by atoms with van der Waals surface area (Å²) in [6.07, 6.45) is 8.22. The summed E-state index contributed by atoms with van der Waals surface area (Å²) < 4.78 is 2.30. The van der Waals surface area contributed by atoms with Gasteiger partial charge in [0.15, 0.2) is 0 Å². The Labute approximate surface area is 89.4 Å². The highest BCUT2D eigenvalue weighted by atomic mass is 16.6. The van der Waals surface area contributed by atoms with Crippen molar-refractivity contribution in [1.82, 2.24) is 9.55 Å². The first kappa shape index (κ1) is 9.36. The van der Waals surface area contributed by atoms with Crippen LogP contribution in [0, 0.1) is 0 Å². The van der Waals surface area contributed by atoms with Crippen molar-refractivity contribution in [2.75, 3.05) is 6.61 Å².